The Labute approximate surface area is 190 Å². The smallest absolute Gasteiger partial charge is 0.254 e. The van der Waals surface area contributed by atoms with Crippen LogP contribution in [0.15, 0.2) is 41.3 Å². The number of halogens is 2. The molecule has 2 aromatic heterocycles. The van der Waals surface area contributed by atoms with E-state index in [2.05, 4.69) is 20.2 Å². The summed E-state index contributed by atoms with van der Waals surface area (Å²) in [5.74, 6) is -1.20. The Bertz CT molecular complexity index is 1280. The van der Waals surface area contributed by atoms with Crippen LogP contribution in [0.3, 0.4) is 0 Å². The SMILES string of the molecule is CCc1cc2ncc(CN3CC=C(c4ccc(C(=O)NC)c(F)c4Cl)CC3)cc2[nH]c1=O. The van der Waals surface area contributed by atoms with Gasteiger partial charge in [0.15, 0.2) is 5.82 Å². The van der Waals surface area contributed by atoms with E-state index in [1.807, 2.05) is 31.3 Å². The number of nitrogens with one attached hydrogen (secondary N) is 2. The Balaban J connectivity index is 1.50. The van der Waals surface area contributed by atoms with Gasteiger partial charge in [-0.1, -0.05) is 30.7 Å². The topological polar surface area (TPSA) is 78.1 Å². The fraction of sp³-hybridized carbons (Fsp3) is 0.292. The molecule has 0 aliphatic carbocycles. The average molecular weight is 455 g/mol. The van der Waals surface area contributed by atoms with E-state index in [1.165, 1.54) is 13.1 Å². The number of aromatic amines is 1. The van der Waals surface area contributed by atoms with Gasteiger partial charge in [0, 0.05) is 38.4 Å². The number of aromatic nitrogens is 2. The molecule has 1 aromatic carbocycles. The third kappa shape index (κ3) is 4.31. The molecular formula is C24H24ClFN4O2. The van der Waals surface area contributed by atoms with E-state index < -0.39 is 11.7 Å². The molecule has 0 bridgehead atoms. The lowest BCUT2D eigenvalue weighted by Crippen LogP contribution is -2.28. The molecule has 3 heterocycles. The van der Waals surface area contributed by atoms with Crippen molar-refractivity contribution in [3.05, 3.63) is 80.0 Å². The highest BCUT2D eigenvalue weighted by molar-refractivity contribution is 6.33. The molecule has 0 saturated carbocycles. The minimum atomic E-state index is -0.700. The first-order chi connectivity index (χ1) is 15.4. The number of carbonyl (C=O) groups excluding carboxylic acids is 1. The number of hydrogen-bond acceptors (Lipinski definition) is 4. The van der Waals surface area contributed by atoms with Gasteiger partial charge in [0.25, 0.3) is 11.5 Å². The Kier molecular flexibility index (Phi) is 6.39. The summed E-state index contributed by atoms with van der Waals surface area (Å²) in [6.07, 6.45) is 5.24. The molecule has 6 nitrogen and oxygen atoms in total. The fourth-order valence-electron chi connectivity index (χ4n) is 3.98. The molecule has 3 aromatic rings. The number of carbonyl (C=O) groups is 1. The second-order valence-electron chi connectivity index (χ2n) is 7.84. The van der Waals surface area contributed by atoms with Crippen molar-refractivity contribution in [3.63, 3.8) is 0 Å². The maximum atomic E-state index is 14.6. The molecular weight excluding hydrogens is 431 g/mol. The average Bonchev–Trinajstić information content (AvgIpc) is 2.80. The molecule has 0 fully saturated rings. The second kappa shape index (κ2) is 9.22. The number of pyridine rings is 2. The van der Waals surface area contributed by atoms with Gasteiger partial charge in [0.1, 0.15) is 0 Å². The number of amides is 1. The van der Waals surface area contributed by atoms with E-state index in [0.29, 0.717) is 31.5 Å². The largest absolute Gasteiger partial charge is 0.355 e. The highest BCUT2D eigenvalue weighted by atomic mass is 35.5. The molecule has 1 aliphatic rings. The number of rotatable bonds is 5. The van der Waals surface area contributed by atoms with Crippen LogP contribution in [0.4, 0.5) is 4.39 Å². The standard InChI is InChI=1S/C24H24ClFN4O2/c1-3-15-11-19-20(29-23(15)31)10-14(12-28-19)13-30-8-6-16(7-9-30)17-4-5-18(24(32)27-2)22(26)21(17)25/h4-6,10-12H,3,7-9,13H2,1-2H3,(H,27,32)(H,29,31). The van der Waals surface area contributed by atoms with Crippen LogP contribution < -0.4 is 10.9 Å². The van der Waals surface area contributed by atoms with Gasteiger partial charge in [-0.15, -0.1) is 0 Å². The lowest BCUT2D eigenvalue weighted by atomic mass is 9.97. The van der Waals surface area contributed by atoms with Gasteiger partial charge in [0.2, 0.25) is 0 Å². The van der Waals surface area contributed by atoms with Crippen molar-refractivity contribution in [1.29, 1.82) is 0 Å². The van der Waals surface area contributed by atoms with Crippen LogP contribution in [-0.4, -0.2) is 40.9 Å². The number of nitrogens with zero attached hydrogens (tertiary/aromatic N) is 2. The third-order valence-electron chi connectivity index (χ3n) is 5.81. The van der Waals surface area contributed by atoms with Gasteiger partial charge in [0.05, 0.1) is 21.6 Å². The lowest BCUT2D eigenvalue weighted by molar-refractivity contribution is 0.0959. The number of aryl methyl sites for hydroxylation is 1. The first kappa shape index (κ1) is 22.2. The summed E-state index contributed by atoms with van der Waals surface area (Å²) in [6.45, 7) is 4.07. The van der Waals surface area contributed by atoms with Crippen LogP contribution in [0.2, 0.25) is 5.02 Å². The van der Waals surface area contributed by atoms with E-state index in [-0.39, 0.29) is 16.1 Å². The monoisotopic (exact) mass is 454 g/mol. The zero-order valence-corrected chi connectivity index (χ0v) is 18.7. The summed E-state index contributed by atoms with van der Waals surface area (Å²) < 4.78 is 14.6. The summed E-state index contributed by atoms with van der Waals surface area (Å²) in [7, 11) is 1.45. The summed E-state index contributed by atoms with van der Waals surface area (Å²) in [5.41, 5.74) is 4.69. The zero-order chi connectivity index (χ0) is 22.8. The Morgan fingerprint density at radius 3 is 2.84 bits per heavy atom. The third-order valence-corrected chi connectivity index (χ3v) is 6.18. The van der Waals surface area contributed by atoms with Crippen LogP contribution in [0.1, 0.15) is 40.4 Å². The van der Waals surface area contributed by atoms with Crippen molar-refractivity contribution in [2.75, 3.05) is 20.1 Å². The minimum Gasteiger partial charge on any atom is -0.355 e. The predicted octanol–water partition coefficient (Wildman–Crippen LogP) is 3.93. The predicted molar refractivity (Wildman–Crippen MR) is 124 cm³/mol. The molecule has 166 valence electrons. The summed E-state index contributed by atoms with van der Waals surface area (Å²) in [5, 5.41) is 2.39. The molecule has 4 rings (SSSR count). The number of hydrogen-bond donors (Lipinski definition) is 2. The van der Waals surface area contributed by atoms with Gasteiger partial charge in [-0.05, 0) is 47.7 Å². The Morgan fingerprint density at radius 2 is 2.16 bits per heavy atom. The van der Waals surface area contributed by atoms with Crippen molar-refractivity contribution < 1.29 is 9.18 Å². The maximum Gasteiger partial charge on any atom is 0.254 e. The minimum absolute atomic E-state index is 0.0278. The van der Waals surface area contributed by atoms with Crippen molar-refractivity contribution in [2.45, 2.75) is 26.3 Å². The first-order valence-electron chi connectivity index (χ1n) is 10.5. The number of H-pyrrole nitrogens is 1. The van der Waals surface area contributed by atoms with Crippen molar-refractivity contribution in [3.8, 4) is 0 Å². The highest BCUT2D eigenvalue weighted by Crippen LogP contribution is 2.32. The molecule has 32 heavy (non-hydrogen) atoms. The number of benzene rings is 1. The molecule has 0 unspecified atom stereocenters. The summed E-state index contributed by atoms with van der Waals surface area (Å²) in [6, 6.07) is 6.97. The van der Waals surface area contributed by atoms with Crippen LogP contribution in [0.5, 0.6) is 0 Å². The fourth-order valence-corrected chi connectivity index (χ4v) is 4.27. The number of fused-ring (bicyclic) bond motifs is 1. The summed E-state index contributed by atoms with van der Waals surface area (Å²) >= 11 is 6.24. The quantitative estimate of drug-likeness (QED) is 0.612. The van der Waals surface area contributed by atoms with Crippen molar-refractivity contribution in [2.24, 2.45) is 0 Å². The van der Waals surface area contributed by atoms with Crippen LogP contribution in [0, 0.1) is 5.82 Å². The highest BCUT2D eigenvalue weighted by Gasteiger charge is 2.21. The van der Waals surface area contributed by atoms with E-state index in [9.17, 15) is 14.0 Å². The zero-order valence-electron chi connectivity index (χ0n) is 18.0. The molecule has 2 N–H and O–H groups in total. The molecule has 1 amide bonds. The molecule has 8 heteroatoms. The van der Waals surface area contributed by atoms with Crippen molar-refractivity contribution >= 4 is 34.1 Å². The van der Waals surface area contributed by atoms with E-state index in [1.54, 1.807) is 6.07 Å². The Morgan fingerprint density at radius 1 is 1.34 bits per heavy atom. The Hall–Kier alpha value is -3.03. The van der Waals surface area contributed by atoms with Gasteiger partial charge in [-0.2, -0.15) is 0 Å². The van der Waals surface area contributed by atoms with E-state index in [4.69, 9.17) is 11.6 Å². The van der Waals surface area contributed by atoms with Crippen LogP contribution in [0.25, 0.3) is 16.6 Å². The molecule has 1 aliphatic heterocycles. The maximum absolute atomic E-state index is 14.6. The van der Waals surface area contributed by atoms with Gasteiger partial charge in [-0.25, -0.2) is 4.39 Å². The first-order valence-corrected chi connectivity index (χ1v) is 10.9. The molecule has 0 radical (unpaired) electrons. The van der Waals surface area contributed by atoms with E-state index >= 15 is 0 Å². The molecule has 0 spiro atoms. The van der Waals surface area contributed by atoms with Gasteiger partial charge >= 0.3 is 0 Å². The normalized spacial score (nSPS) is 14.4. The molecule has 0 atom stereocenters. The van der Waals surface area contributed by atoms with Gasteiger partial charge in [-0.3, -0.25) is 19.5 Å². The lowest BCUT2D eigenvalue weighted by Gasteiger charge is -2.27. The molecule has 0 saturated heterocycles. The second-order valence-corrected chi connectivity index (χ2v) is 8.21. The summed E-state index contributed by atoms with van der Waals surface area (Å²) in [4.78, 5) is 33.5. The van der Waals surface area contributed by atoms with Crippen molar-refractivity contribution in [1.82, 2.24) is 20.2 Å². The van der Waals surface area contributed by atoms with Crippen LogP contribution >= 0.6 is 11.6 Å². The van der Waals surface area contributed by atoms with E-state index in [0.717, 1.165) is 34.3 Å². The van der Waals surface area contributed by atoms with Gasteiger partial charge < -0.3 is 10.3 Å². The van der Waals surface area contributed by atoms with Crippen LogP contribution in [-0.2, 0) is 13.0 Å².